The third kappa shape index (κ3) is 1.85. The van der Waals surface area contributed by atoms with Crippen LogP contribution in [0.5, 0.6) is 0 Å². The maximum Gasteiger partial charge on any atom is 0.155 e. The van der Waals surface area contributed by atoms with Gasteiger partial charge in [0.25, 0.3) is 0 Å². The van der Waals surface area contributed by atoms with Crippen LogP contribution in [0.3, 0.4) is 0 Å². The van der Waals surface area contributed by atoms with E-state index in [9.17, 15) is 15.0 Å². The summed E-state index contributed by atoms with van der Waals surface area (Å²) in [7, 11) is 0. The van der Waals surface area contributed by atoms with Crippen LogP contribution in [0.2, 0.25) is 0 Å². The Morgan fingerprint density at radius 1 is 1.17 bits per heavy atom. The topological polar surface area (TPSA) is 57.5 Å². The largest absolute Gasteiger partial charge is 0.392 e. The number of hydrogen-bond donors (Lipinski definition) is 2. The number of fused-ring (bicyclic) bond motifs is 5. The second-order valence-corrected chi connectivity index (χ2v) is 8.74. The molecule has 0 aromatic carbocycles. The van der Waals surface area contributed by atoms with Gasteiger partial charge in [0.05, 0.1) is 12.2 Å². The Kier molecular flexibility index (Phi) is 3.35. The minimum Gasteiger partial charge on any atom is -0.392 e. The Bertz CT molecular complexity index is 573. The summed E-state index contributed by atoms with van der Waals surface area (Å²) in [6.07, 6.45) is 3.14. The summed E-state index contributed by atoms with van der Waals surface area (Å²) in [6, 6.07) is 0. The molecule has 0 heterocycles. The third-order valence-corrected chi connectivity index (χ3v) is 7.95. The highest BCUT2D eigenvalue weighted by molar-refractivity contribution is 5.91. The second-order valence-electron chi connectivity index (χ2n) is 8.74. The number of allylic oxidation sites excluding steroid dienone is 1. The van der Waals surface area contributed by atoms with Crippen LogP contribution in [0.4, 0.5) is 4.39 Å². The summed E-state index contributed by atoms with van der Waals surface area (Å²) in [5, 5.41) is 21.3. The van der Waals surface area contributed by atoms with E-state index in [1.54, 1.807) is 6.08 Å². The van der Waals surface area contributed by atoms with Crippen molar-refractivity contribution in [3.63, 3.8) is 0 Å². The number of carbonyl (C=O) groups excluding carboxylic acids is 1. The van der Waals surface area contributed by atoms with Gasteiger partial charge in [-0.15, -0.1) is 0 Å². The fourth-order valence-corrected chi connectivity index (χ4v) is 6.59. The van der Waals surface area contributed by atoms with E-state index in [0.29, 0.717) is 19.3 Å². The molecule has 2 N–H and O–H groups in total. The molecule has 0 unspecified atom stereocenters. The molecule has 128 valence electrons. The summed E-state index contributed by atoms with van der Waals surface area (Å²) in [5.74, 6) is 0.416. The van der Waals surface area contributed by atoms with Crippen LogP contribution in [0.1, 0.15) is 52.4 Å². The predicted octanol–water partition coefficient (Wildman–Crippen LogP) is 2.80. The molecule has 4 aliphatic rings. The van der Waals surface area contributed by atoms with Crippen LogP contribution < -0.4 is 0 Å². The summed E-state index contributed by atoms with van der Waals surface area (Å²) in [4.78, 5) is 11.8. The van der Waals surface area contributed by atoms with Gasteiger partial charge < -0.3 is 10.2 Å². The first-order chi connectivity index (χ1) is 10.8. The molecule has 4 heteroatoms. The number of aliphatic hydroxyl groups is 2. The van der Waals surface area contributed by atoms with Gasteiger partial charge in [-0.2, -0.15) is 0 Å². The maximum atomic E-state index is 15.2. The molecule has 0 bridgehead atoms. The number of ketones is 1. The standard InChI is InChI=1S/C19H27FO3/c1-18-8-7-11(21)9-10(18)3-4-12-13-5-6-14(22)19(13,2)17(20)16(23)15(12)18/h9,12-17,22-23H,3-8H2,1-2H3/t12-,13-,14-,15+,16-,17+,18-,19-/m0/s1. The maximum absolute atomic E-state index is 15.2. The van der Waals surface area contributed by atoms with E-state index in [0.717, 1.165) is 24.8 Å². The first-order valence-electron chi connectivity index (χ1n) is 9.04. The zero-order chi connectivity index (χ0) is 16.6. The highest BCUT2D eigenvalue weighted by Crippen LogP contribution is 2.65. The molecule has 0 radical (unpaired) electrons. The van der Waals surface area contributed by atoms with Crippen LogP contribution in [-0.2, 0) is 4.79 Å². The monoisotopic (exact) mass is 322 g/mol. The highest BCUT2D eigenvalue weighted by atomic mass is 19.1. The lowest BCUT2D eigenvalue weighted by Crippen LogP contribution is -2.63. The van der Waals surface area contributed by atoms with E-state index >= 15 is 4.39 Å². The molecule has 0 amide bonds. The van der Waals surface area contributed by atoms with Crippen molar-refractivity contribution in [2.45, 2.75) is 70.8 Å². The van der Waals surface area contributed by atoms with E-state index in [1.807, 2.05) is 6.92 Å². The predicted molar refractivity (Wildman–Crippen MR) is 84.4 cm³/mol. The number of alkyl halides is 1. The summed E-state index contributed by atoms with van der Waals surface area (Å²) < 4.78 is 15.2. The lowest BCUT2D eigenvalue weighted by molar-refractivity contribution is -0.187. The van der Waals surface area contributed by atoms with Crippen molar-refractivity contribution in [2.75, 3.05) is 0 Å². The average Bonchev–Trinajstić information content (AvgIpc) is 2.82. The molecule has 8 atom stereocenters. The summed E-state index contributed by atoms with van der Waals surface area (Å²) >= 11 is 0. The molecular formula is C19H27FO3. The molecule has 0 aromatic heterocycles. The molecule has 23 heavy (non-hydrogen) atoms. The van der Waals surface area contributed by atoms with Gasteiger partial charge >= 0.3 is 0 Å². The van der Waals surface area contributed by atoms with Crippen molar-refractivity contribution in [3.05, 3.63) is 11.6 Å². The molecule has 4 aliphatic carbocycles. The first-order valence-corrected chi connectivity index (χ1v) is 9.04. The smallest absolute Gasteiger partial charge is 0.155 e. The van der Waals surface area contributed by atoms with Crippen molar-refractivity contribution in [1.82, 2.24) is 0 Å². The summed E-state index contributed by atoms with van der Waals surface area (Å²) in [5.41, 5.74) is 0.0290. The molecule has 0 aromatic rings. The Balaban J connectivity index is 1.78. The van der Waals surface area contributed by atoms with Gasteiger partial charge in [0, 0.05) is 11.8 Å². The zero-order valence-electron chi connectivity index (χ0n) is 14.0. The Labute approximate surface area is 137 Å². The number of carbonyl (C=O) groups is 1. The van der Waals surface area contributed by atoms with E-state index in [1.165, 1.54) is 0 Å². The van der Waals surface area contributed by atoms with E-state index in [2.05, 4.69) is 6.92 Å². The van der Waals surface area contributed by atoms with Crippen molar-refractivity contribution < 1.29 is 19.4 Å². The first kappa shape index (κ1) is 15.8. The molecular weight excluding hydrogens is 295 g/mol. The lowest BCUT2D eigenvalue weighted by Gasteiger charge is -2.60. The van der Waals surface area contributed by atoms with Gasteiger partial charge in [0.2, 0.25) is 0 Å². The Morgan fingerprint density at radius 2 is 1.91 bits per heavy atom. The van der Waals surface area contributed by atoms with Crippen LogP contribution >= 0.6 is 0 Å². The fourth-order valence-electron chi connectivity index (χ4n) is 6.59. The molecule has 4 rings (SSSR count). The SMILES string of the molecule is C[C@]12[C@H](F)[C@@H](O)[C@H]3[C@@H](CCC4=CC(=O)CC[C@@]43C)[C@@H]1CC[C@@H]2O. The minimum atomic E-state index is -1.39. The Morgan fingerprint density at radius 3 is 2.65 bits per heavy atom. The van der Waals surface area contributed by atoms with Crippen molar-refractivity contribution in [1.29, 1.82) is 0 Å². The third-order valence-electron chi connectivity index (χ3n) is 7.95. The molecule has 0 saturated heterocycles. The van der Waals surface area contributed by atoms with Gasteiger partial charge in [-0.3, -0.25) is 4.79 Å². The molecule has 0 spiro atoms. The van der Waals surface area contributed by atoms with E-state index < -0.39 is 23.8 Å². The molecule has 3 fully saturated rings. The number of hydrogen-bond acceptors (Lipinski definition) is 3. The lowest BCUT2D eigenvalue weighted by atomic mass is 9.46. The van der Waals surface area contributed by atoms with Crippen LogP contribution in [-0.4, -0.2) is 34.4 Å². The quantitative estimate of drug-likeness (QED) is 0.721. The summed E-state index contributed by atoms with van der Waals surface area (Å²) in [6.45, 7) is 3.95. The normalized spacial score (nSPS) is 55.7. The Hall–Kier alpha value is -0.740. The van der Waals surface area contributed by atoms with E-state index in [-0.39, 0.29) is 29.0 Å². The number of rotatable bonds is 0. The minimum absolute atomic E-state index is 0.131. The number of halogens is 1. The fraction of sp³-hybridized carbons (Fsp3) is 0.842. The average molecular weight is 322 g/mol. The van der Waals surface area contributed by atoms with Crippen molar-refractivity contribution in [2.24, 2.45) is 28.6 Å². The van der Waals surface area contributed by atoms with Crippen molar-refractivity contribution in [3.8, 4) is 0 Å². The van der Waals surface area contributed by atoms with Crippen molar-refractivity contribution >= 4 is 5.78 Å². The second kappa shape index (κ2) is 4.89. The van der Waals surface area contributed by atoms with Gasteiger partial charge in [0.1, 0.15) is 6.17 Å². The number of aliphatic hydroxyl groups excluding tert-OH is 2. The van der Waals surface area contributed by atoms with Crippen LogP contribution in [0.15, 0.2) is 11.6 Å². The zero-order valence-corrected chi connectivity index (χ0v) is 14.0. The molecule has 3 saturated carbocycles. The molecule has 3 nitrogen and oxygen atoms in total. The molecule has 0 aliphatic heterocycles. The van der Waals surface area contributed by atoms with Gasteiger partial charge in [-0.25, -0.2) is 4.39 Å². The highest BCUT2D eigenvalue weighted by Gasteiger charge is 2.66. The van der Waals surface area contributed by atoms with Gasteiger partial charge in [0.15, 0.2) is 5.78 Å². The van der Waals surface area contributed by atoms with Gasteiger partial charge in [-0.1, -0.05) is 19.4 Å². The van der Waals surface area contributed by atoms with Gasteiger partial charge in [-0.05, 0) is 61.3 Å². The van der Waals surface area contributed by atoms with E-state index in [4.69, 9.17) is 0 Å². The van der Waals surface area contributed by atoms with Crippen LogP contribution in [0.25, 0.3) is 0 Å². The van der Waals surface area contributed by atoms with Crippen LogP contribution in [0, 0.1) is 28.6 Å².